The van der Waals surface area contributed by atoms with Crippen molar-refractivity contribution in [2.24, 2.45) is 0 Å². The molecule has 0 saturated carbocycles. The van der Waals surface area contributed by atoms with Gasteiger partial charge in [0.25, 0.3) is 0 Å². The molecule has 3 rings (SSSR count). The van der Waals surface area contributed by atoms with Gasteiger partial charge in [0.1, 0.15) is 0 Å². The van der Waals surface area contributed by atoms with Gasteiger partial charge in [-0.25, -0.2) is 12.1 Å². The summed E-state index contributed by atoms with van der Waals surface area (Å²) in [5, 5.41) is 0. The summed E-state index contributed by atoms with van der Waals surface area (Å²) in [5.74, 6) is 0. The molecule has 0 saturated heterocycles. The molecule has 0 aliphatic carbocycles. The molecule has 168 valence electrons. The number of rotatable bonds is 9. The summed E-state index contributed by atoms with van der Waals surface area (Å²) >= 11 is 0. The first-order chi connectivity index (χ1) is 13.8. The van der Waals surface area contributed by atoms with E-state index in [4.69, 9.17) is 0 Å². The molecule has 0 unspecified atom stereocenters. The summed E-state index contributed by atoms with van der Waals surface area (Å²) in [6.07, 6.45) is 9.90. The molecule has 0 atom stereocenters. The van der Waals surface area contributed by atoms with Gasteiger partial charge in [-0.05, 0) is 6.42 Å². The molecule has 0 aromatic heterocycles. The molecule has 31 heavy (non-hydrogen) atoms. The molecular weight excluding hydrogens is 586 g/mol. The maximum Gasteiger partial charge on any atom is 4.00 e. The summed E-state index contributed by atoms with van der Waals surface area (Å²) in [4.78, 5) is 0. The smallest absolute Gasteiger partial charge is 1.00 e. The van der Waals surface area contributed by atoms with Crippen LogP contribution < -0.4 is 24.8 Å². The van der Waals surface area contributed by atoms with E-state index >= 15 is 0 Å². The van der Waals surface area contributed by atoms with Gasteiger partial charge in [0.05, 0.1) is 0 Å². The normalized spacial score (nSPS) is 9.55. The third-order valence-electron chi connectivity index (χ3n) is 5.31. The fourth-order valence-electron chi connectivity index (χ4n) is 4.28. The van der Waals surface area contributed by atoms with Crippen molar-refractivity contribution in [2.75, 3.05) is 0 Å². The summed E-state index contributed by atoms with van der Waals surface area (Å²) < 4.78 is 0. The molecule has 0 radical (unpaired) electrons. The predicted molar refractivity (Wildman–Crippen MR) is 125 cm³/mol. The monoisotopic (exact) mass is 624 g/mol. The molecule has 3 aromatic rings. The topological polar surface area (TPSA) is 0 Å². The van der Waals surface area contributed by atoms with Crippen LogP contribution in [0.5, 0.6) is 0 Å². The molecule has 0 fully saturated rings. The van der Waals surface area contributed by atoms with Crippen molar-refractivity contribution in [1.29, 1.82) is 0 Å². The molecule has 0 spiro atoms. The first-order valence-corrected chi connectivity index (χ1v) is 11.3. The van der Waals surface area contributed by atoms with E-state index in [1.54, 1.807) is 27.8 Å². The van der Waals surface area contributed by atoms with Gasteiger partial charge in [0.2, 0.25) is 0 Å². The Labute approximate surface area is 222 Å². The van der Waals surface area contributed by atoms with Gasteiger partial charge in [-0.1, -0.05) is 109 Å². The van der Waals surface area contributed by atoms with Gasteiger partial charge in [-0.2, -0.15) is 29.3 Å². The molecule has 0 aliphatic heterocycles. The second-order valence-electron chi connectivity index (χ2n) is 7.62. The van der Waals surface area contributed by atoms with Crippen LogP contribution in [0, 0.1) is 0 Å². The maximum atomic E-state index is 2.32. The first kappa shape index (κ1) is 32.5. The molecule has 0 aliphatic rings. The van der Waals surface area contributed by atoms with Crippen molar-refractivity contribution in [2.45, 2.75) is 79.1 Å². The van der Waals surface area contributed by atoms with Crippen LogP contribution in [0.2, 0.25) is 0 Å². The van der Waals surface area contributed by atoms with Crippen molar-refractivity contribution < 1.29 is 50.7 Å². The van der Waals surface area contributed by atoms with Gasteiger partial charge in [0, 0.05) is 0 Å². The van der Waals surface area contributed by atoms with Crippen LogP contribution in [0.25, 0.3) is 11.1 Å². The van der Waals surface area contributed by atoms with Crippen LogP contribution in [0.3, 0.4) is 0 Å². The zero-order valence-corrected chi connectivity index (χ0v) is 24.8. The van der Waals surface area contributed by atoms with Crippen LogP contribution in [0.4, 0.5) is 0 Å². The van der Waals surface area contributed by atoms with Gasteiger partial charge >= 0.3 is 25.8 Å². The minimum absolute atomic E-state index is 0. The number of hydrogen-bond donors (Lipinski definition) is 0. The Bertz CT molecular complexity index is 722. The molecule has 3 heteroatoms. The zero-order valence-electron chi connectivity index (χ0n) is 19.7. The second kappa shape index (κ2) is 18.9. The van der Waals surface area contributed by atoms with Crippen LogP contribution in [-0.2, 0) is 51.5 Å². The van der Waals surface area contributed by atoms with Crippen molar-refractivity contribution in [3.05, 3.63) is 82.9 Å². The Morgan fingerprint density at radius 1 is 0.677 bits per heavy atom. The summed E-state index contributed by atoms with van der Waals surface area (Å²) in [6, 6.07) is 21.1. The van der Waals surface area contributed by atoms with Crippen molar-refractivity contribution in [3.63, 3.8) is 0 Å². The number of halogens is 2. The van der Waals surface area contributed by atoms with Gasteiger partial charge in [-0.15, -0.1) is 16.7 Å². The predicted octanol–water partition coefficient (Wildman–Crippen LogP) is 2.29. The minimum atomic E-state index is 0. The Balaban J connectivity index is 0. The Morgan fingerprint density at radius 3 is 1.68 bits per heavy atom. The van der Waals surface area contributed by atoms with E-state index in [0.717, 1.165) is 0 Å². The number of hydrogen-bond acceptors (Lipinski definition) is 0. The SMILES string of the molecule is CCCc1c(CCC)c(-c2ccccc2)[c-](CCC)c1CCC.[Cl-].[Cl-].[Hf+4].c1cc[cH-]c1. The Kier molecular flexibility index (Phi) is 19.8. The molecular formula is C28H38Cl2Hf. The minimum Gasteiger partial charge on any atom is -1.00 e. The Morgan fingerprint density at radius 2 is 1.23 bits per heavy atom. The molecule has 0 heterocycles. The van der Waals surface area contributed by atoms with Crippen molar-refractivity contribution >= 4 is 0 Å². The second-order valence-corrected chi connectivity index (χ2v) is 7.62. The molecule has 0 nitrogen and oxygen atoms in total. The van der Waals surface area contributed by atoms with E-state index in [9.17, 15) is 0 Å². The van der Waals surface area contributed by atoms with Crippen molar-refractivity contribution in [3.8, 4) is 11.1 Å². The van der Waals surface area contributed by atoms with E-state index in [2.05, 4.69) is 58.0 Å². The fourth-order valence-corrected chi connectivity index (χ4v) is 4.28. The van der Waals surface area contributed by atoms with E-state index in [1.165, 1.54) is 56.9 Å². The maximum absolute atomic E-state index is 2.32. The van der Waals surface area contributed by atoms with E-state index in [-0.39, 0.29) is 50.7 Å². The van der Waals surface area contributed by atoms with E-state index in [1.807, 2.05) is 30.3 Å². The van der Waals surface area contributed by atoms with E-state index < -0.39 is 0 Å². The van der Waals surface area contributed by atoms with Crippen LogP contribution >= 0.6 is 0 Å². The number of benzene rings is 1. The quantitative estimate of drug-likeness (QED) is 0.254. The average molecular weight is 624 g/mol. The van der Waals surface area contributed by atoms with Gasteiger partial charge < -0.3 is 24.8 Å². The summed E-state index contributed by atoms with van der Waals surface area (Å²) in [5.41, 5.74) is 9.72. The zero-order chi connectivity index (χ0) is 20.2. The summed E-state index contributed by atoms with van der Waals surface area (Å²) in [6.45, 7) is 9.27. The van der Waals surface area contributed by atoms with Crippen LogP contribution in [0.1, 0.15) is 75.6 Å². The first-order valence-electron chi connectivity index (χ1n) is 11.3. The van der Waals surface area contributed by atoms with Crippen molar-refractivity contribution in [1.82, 2.24) is 0 Å². The van der Waals surface area contributed by atoms with Gasteiger partial charge in [-0.3, -0.25) is 0 Å². The van der Waals surface area contributed by atoms with Crippen LogP contribution in [0.15, 0.2) is 60.7 Å². The average Bonchev–Trinajstić information content (AvgIpc) is 3.37. The third kappa shape index (κ3) is 9.40. The molecule has 3 aromatic carbocycles. The fraction of sp³-hybridized carbons (Fsp3) is 0.429. The molecule has 0 bridgehead atoms. The standard InChI is InChI=1S/C23H33.C5H5.2ClH.Hf/c1-5-12-19-20(13-6-2)22(15-8-4)23(21(19)14-7-3)18-16-10-9-11-17-18;1-2-4-5-3-1;;;/h9-11,16-17H,5-8,12-15H2,1-4H3;1-5H;2*1H;/q2*-1;;;+4/p-2. The molecule has 0 N–H and O–H groups in total. The largest absolute Gasteiger partial charge is 4.00 e. The third-order valence-corrected chi connectivity index (χ3v) is 5.31. The van der Waals surface area contributed by atoms with Gasteiger partial charge in [0.15, 0.2) is 0 Å². The Hall–Kier alpha value is -0.630. The van der Waals surface area contributed by atoms with Crippen LogP contribution in [-0.4, -0.2) is 0 Å². The summed E-state index contributed by atoms with van der Waals surface area (Å²) in [7, 11) is 0. The molecule has 0 amide bonds. The van der Waals surface area contributed by atoms with E-state index in [0.29, 0.717) is 0 Å².